The number of hydrogen-bond acceptors (Lipinski definition) is 6. The van der Waals surface area contributed by atoms with Crippen LogP contribution in [0.25, 0.3) is 0 Å². The summed E-state index contributed by atoms with van der Waals surface area (Å²) in [7, 11) is -3.80. The zero-order chi connectivity index (χ0) is 20.1. The lowest BCUT2D eigenvalue weighted by molar-refractivity contribution is -0.137. The predicted octanol–water partition coefficient (Wildman–Crippen LogP) is 2.77. The molecule has 2 aliphatic heterocycles. The van der Waals surface area contributed by atoms with Gasteiger partial charge in [-0.3, -0.25) is 8.98 Å². The first-order valence-electron chi connectivity index (χ1n) is 9.78. The molecule has 0 spiro atoms. The SMILES string of the molecule is Cc1ccc(S(=O)(=O)OCC2C3CCC(O3)C2COCCCCC(=O)O)cc1. The van der Waals surface area contributed by atoms with Crippen LogP contribution < -0.4 is 0 Å². The van der Waals surface area contributed by atoms with E-state index in [-0.39, 0.29) is 42.0 Å². The summed E-state index contributed by atoms with van der Waals surface area (Å²) in [6.07, 6.45) is 3.39. The van der Waals surface area contributed by atoms with Crippen LogP contribution in [0, 0.1) is 18.8 Å². The summed E-state index contributed by atoms with van der Waals surface area (Å²) in [5.41, 5.74) is 0.987. The monoisotopic (exact) mass is 412 g/mol. The highest BCUT2D eigenvalue weighted by Crippen LogP contribution is 2.44. The van der Waals surface area contributed by atoms with Crippen molar-refractivity contribution in [2.45, 2.75) is 56.1 Å². The van der Waals surface area contributed by atoms with Gasteiger partial charge < -0.3 is 14.6 Å². The van der Waals surface area contributed by atoms with Gasteiger partial charge in [-0.15, -0.1) is 0 Å². The molecule has 7 nitrogen and oxygen atoms in total. The van der Waals surface area contributed by atoms with E-state index in [4.69, 9.17) is 18.8 Å². The minimum Gasteiger partial charge on any atom is -0.481 e. The Bertz CT molecular complexity index is 759. The summed E-state index contributed by atoms with van der Waals surface area (Å²) in [5, 5.41) is 8.65. The van der Waals surface area contributed by atoms with Crippen LogP contribution in [0.4, 0.5) is 0 Å². The first-order chi connectivity index (χ1) is 13.4. The normalized spacial score (nSPS) is 26.6. The second-order valence-corrected chi connectivity index (χ2v) is 9.21. The average molecular weight is 413 g/mol. The number of rotatable bonds is 11. The van der Waals surface area contributed by atoms with Gasteiger partial charge in [0, 0.05) is 24.9 Å². The molecule has 1 N–H and O–H groups in total. The lowest BCUT2D eigenvalue weighted by Crippen LogP contribution is -2.34. The van der Waals surface area contributed by atoms with Crippen molar-refractivity contribution in [2.75, 3.05) is 19.8 Å². The number of hydrogen-bond donors (Lipinski definition) is 1. The highest BCUT2D eigenvalue weighted by atomic mass is 32.2. The van der Waals surface area contributed by atoms with Crippen molar-refractivity contribution in [3.63, 3.8) is 0 Å². The molecule has 4 unspecified atom stereocenters. The van der Waals surface area contributed by atoms with E-state index in [0.717, 1.165) is 18.4 Å². The van der Waals surface area contributed by atoms with Gasteiger partial charge in [0.2, 0.25) is 0 Å². The zero-order valence-corrected chi connectivity index (χ0v) is 16.9. The molecule has 28 heavy (non-hydrogen) atoms. The molecule has 1 aromatic rings. The number of aliphatic carboxylic acids is 1. The van der Waals surface area contributed by atoms with Gasteiger partial charge in [-0.05, 0) is 44.7 Å². The van der Waals surface area contributed by atoms with Crippen LogP contribution in [0.1, 0.15) is 37.7 Å². The molecular weight excluding hydrogens is 384 g/mol. The lowest BCUT2D eigenvalue weighted by atomic mass is 9.80. The van der Waals surface area contributed by atoms with Crippen molar-refractivity contribution in [3.8, 4) is 0 Å². The highest BCUT2D eigenvalue weighted by Gasteiger charge is 2.49. The molecule has 3 rings (SSSR count). The van der Waals surface area contributed by atoms with E-state index >= 15 is 0 Å². The molecule has 0 saturated carbocycles. The fourth-order valence-electron chi connectivity index (χ4n) is 3.97. The Labute approximate surface area is 166 Å². The summed E-state index contributed by atoms with van der Waals surface area (Å²) in [5.74, 6) is -0.710. The molecule has 2 aliphatic rings. The zero-order valence-electron chi connectivity index (χ0n) is 16.1. The maximum absolute atomic E-state index is 12.5. The van der Waals surface area contributed by atoms with Crippen LogP contribution in [0.15, 0.2) is 29.2 Å². The smallest absolute Gasteiger partial charge is 0.303 e. The van der Waals surface area contributed by atoms with Gasteiger partial charge in [-0.1, -0.05) is 17.7 Å². The standard InChI is InChI=1S/C20H28O7S/c1-14-5-7-15(8-6-14)28(23,24)26-13-17-16(18-9-10-19(17)27-18)12-25-11-3-2-4-20(21)22/h5-8,16-19H,2-4,9-13H2,1H3,(H,21,22). The van der Waals surface area contributed by atoms with E-state index in [1.807, 2.05) is 6.92 Å². The van der Waals surface area contributed by atoms with Crippen molar-refractivity contribution in [3.05, 3.63) is 29.8 Å². The Morgan fingerprint density at radius 2 is 1.75 bits per heavy atom. The third kappa shape index (κ3) is 5.31. The minimum absolute atomic E-state index is 0.0128. The quantitative estimate of drug-likeness (QED) is 0.441. The fourth-order valence-corrected chi connectivity index (χ4v) is 4.92. The van der Waals surface area contributed by atoms with Crippen LogP contribution in [-0.2, 0) is 28.6 Å². The third-order valence-corrected chi connectivity index (χ3v) is 6.85. The van der Waals surface area contributed by atoms with E-state index in [9.17, 15) is 13.2 Å². The Kier molecular flexibility index (Phi) is 7.09. The van der Waals surface area contributed by atoms with E-state index in [1.54, 1.807) is 24.3 Å². The fraction of sp³-hybridized carbons (Fsp3) is 0.650. The Morgan fingerprint density at radius 3 is 2.39 bits per heavy atom. The van der Waals surface area contributed by atoms with Gasteiger partial charge in [0.15, 0.2) is 0 Å². The third-order valence-electron chi connectivity index (χ3n) is 5.56. The molecule has 2 saturated heterocycles. The van der Waals surface area contributed by atoms with Gasteiger partial charge in [0.1, 0.15) is 0 Å². The first kappa shape index (κ1) is 21.2. The molecule has 0 aromatic heterocycles. The Hall–Kier alpha value is -1.48. The second-order valence-electron chi connectivity index (χ2n) is 7.60. The number of unbranched alkanes of at least 4 members (excludes halogenated alkanes) is 1. The number of carboxylic acid groups (broad SMARTS) is 1. The molecule has 156 valence electrons. The van der Waals surface area contributed by atoms with Crippen LogP contribution in [0.3, 0.4) is 0 Å². The van der Waals surface area contributed by atoms with Crippen molar-refractivity contribution < 1.29 is 32.0 Å². The predicted molar refractivity (Wildman–Crippen MR) is 101 cm³/mol. The summed E-state index contributed by atoms with van der Waals surface area (Å²) in [6, 6.07) is 6.61. The van der Waals surface area contributed by atoms with E-state index in [1.165, 1.54) is 0 Å². The van der Waals surface area contributed by atoms with Gasteiger partial charge in [-0.25, -0.2) is 0 Å². The van der Waals surface area contributed by atoms with E-state index < -0.39 is 16.1 Å². The van der Waals surface area contributed by atoms with Gasteiger partial charge in [-0.2, -0.15) is 8.42 Å². The summed E-state index contributed by atoms with van der Waals surface area (Å²) < 4.78 is 42.0. The van der Waals surface area contributed by atoms with Gasteiger partial charge >= 0.3 is 5.97 Å². The lowest BCUT2D eigenvalue weighted by Gasteiger charge is -2.27. The summed E-state index contributed by atoms with van der Waals surface area (Å²) >= 11 is 0. The number of carboxylic acids is 1. The van der Waals surface area contributed by atoms with Crippen LogP contribution >= 0.6 is 0 Å². The second kappa shape index (κ2) is 9.35. The maximum Gasteiger partial charge on any atom is 0.303 e. The molecule has 2 bridgehead atoms. The van der Waals surface area contributed by atoms with Gasteiger partial charge in [0.25, 0.3) is 10.1 Å². The number of carbonyl (C=O) groups is 1. The van der Waals surface area contributed by atoms with Crippen LogP contribution in [0.5, 0.6) is 0 Å². The largest absolute Gasteiger partial charge is 0.481 e. The van der Waals surface area contributed by atoms with Gasteiger partial charge in [0.05, 0.1) is 30.3 Å². The molecule has 8 heteroatoms. The molecular formula is C20H28O7S. The minimum atomic E-state index is -3.80. The number of aryl methyl sites for hydroxylation is 1. The Morgan fingerprint density at radius 1 is 1.11 bits per heavy atom. The van der Waals surface area contributed by atoms with E-state index in [2.05, 4.69) is 0 Å². The molecule has 0 aliphatic carbocycles. The van der Waals surface area contributed by atoms with E-state index in [0.29, 0.717) is 26.1 Å². The number of fused-ring (bicyclic) bond motifs is 2. The Balaban J connectivity index is 1.50. The molecule has 2 heterocycles. The number of ether oxygens (including phenoxy) is 2. The molecule has 0 radical (unpaired) electrons. The summed E-state index contributed by atoms with van der Waals surface area (Å²) in [6.45, 7) is 2.96. The maximum atomic E-state index is 12.5. The topological polar surface area (TPSA) is 99.1 Å². The molecule has 2 fully saturated rings. The van der Waals surface area contributed by atoms with Crippen molar-refractivity contribution in [1.29, 1.82) is 0 Å². The average Bonchev–Trinajstić information content (AvgIpc) is 3.24. The summed E-state index contributed by atoms with van der Waals surface area (Å²) in [4.78, 5) is 10.7. The van der Waals surface area contributed by atoms with Crippen molar-refractivity contribution in [1.82, 2.24) is 0 Å². The molecule has 1 aromatic carbocycles. The van der Waals surface area contributed by atoms with Crippen molar-refractivity contribution >= 4 is 16.1 Å². The van der Waals surface area contributed by atoms with Crippen LogP contribution in [-0.4, -0.2) is 51.5 Å². The molecule has 0 amide bonds. The van der Waals surface area contributed by atoms with Crippen LogP contribution in [0.2, 0.25) is 0 Å². The highest BCUT2D eigenvalue weighted by molar-refractivity contribution is 7.86. The first-order valence-corrected chi connectivity index (χ1v) is 11.2. The number of benzene rings is 1. The van der Waals surface area contributed by atoms with Crippen molar-refractivity contribution in [2.24, 2.45) is 11.8 Å². The molecule has 4 atom stereocenters.